The summed E-state index contributed by atoms with van der Waals surface area (Å²) in [6, 6.07) is 19.0. The van der Waals surface area contributed by atoms with E-state index in [-0.39, 0.29) is 11.9 Å². The predicted octanol–water partition coefficient (Wildman–Crippen LogP) is 1.06. The Balaban J connectivity index is 1.40. The van der Waals surface area contributed by atoms with Gasteiger partial charge in [0.05, 0.1) is 12.6 Å². The van der Waals surface area contributed by atoms with Gasteiger partial charge in [0, 0.05) is 0 Å². The lowest BCUT2D eigenvalue weighted by atomic mass is 10.0. The topological polar surface area (TPSA) is 38.0 Å². The molecule has 0 aliphatic carbocycles. The van der Waals surface area contributed by atoms with E-state index in [1.807, 2.05) is 6.07 Å². The van der Waals surface area contributed by atoms with Gasteiger partial charge in [-0.1, -0.05) is 73.2 Å². The molecule has 0 aromatic heterocycles. The average Bonchev–Trinajstić information content (AvgIpc) is 2.75. The zero-order valence-corrected chi connectivity index (χ0v) is 17.8. The van der Waals surface area contributed by atoms with Gasteiger partial charge in [0.1, 0.15) is 26.2 Å². The molecule has 0 spiro atoms. The van der Waals surface area contributed by atoms with E-state index < -0.39 is 0 Å². The van der Waals surface area contributed by atoms with Crippen LogP contribution in [0.15, 0.2) is 60.7 Å². The second kappa shape index (κ2) is 10.9. The van der Waals surface area contributed by atoms with Gasteiger partial charge in [0.2, 0.25) is 0 Å². The second-order valence-corrected chi connectivity index (χ2v) is 8.13. The molecule has 154 valence electrons. The van der Waals surface area contributed by atoms with Crippen LogP contribution in [-0.4, -0.2) is 45.2 Å². The van der Waals surface area contributed by atoms with Crippen molar-refractivity contribution in [2.45, 2.75) is 26.3 Å². The molecule has 1 atom stereocenters. The van der Waals surface area contributed by atoms with Crippen LogP contribution in [0.3, 0.4) is 0 Å². The fourth-order valence-electron chi connectivity index (χ4n) is 3.96. The molecule has 1 fully saturated rings. The summed E-state index contributed by atoms with van der Waals surface area (Å²) in [5.74, 6) is 0.167. The number of quaternary nitrogens is 2. The van der Waals surface area contributed by atoms with E-state index in [9.17, 15) is 4.79 Å². The lowest BCUT2D eigenvalue weighted by molar-refractivity contribution is -1.01. The first-order valence-corrected chi connectivity index (χ1v) is 10.9. The van der Waals surface area contributed by atoms with Crippen LogP contribution in [0.5, 0.6) is 0 Å². The number of piperazine rings is 1. The summed E-state index contributed by atoms with van der Waals surface area (Å²) in [4.78, 5) is 15.6. The van der Waals surface area contributed by atoms with E-state index in [0.29, 0.717) is 6.54 Å². The average molecular weight is 394 g/mol. The number of nitrogens with one attached hydrogen (secondary N) is 3. The Morgan fingerprint density at radius 1 is 1.00 bits per heavy atom. The number of hydrogen-bond acceptors (Lipinski definition) is 1. The maximum atomic E-state index is 12.6. The summed E-state index contributed by atoms with van der Waals surface area (Å²) in [6.45, 7) is 10.2. The molecular weight excluding hydrogens is 358 g/mol. The highest BCUT2D eigenvalue weighted by Crippen LogP contribution is 2.16. The summed E-state index contributed by atoms with van der Waals surface area (Å²) in [5, 5.41) is 3.24. The van der Waals surface area contributed by atoms with Gasteiger partial charge in [-0.2, -0.15) is 0 Å². The molecule has 1 heterocycles. The number of carbonyl (C=O) groups excluding carboxylic acids is 1. The number of rotatable bonds is 8. The number of carbonyl (C=O) groups is 1. The summed E-state index contributed by atoms with van der Waals surface area (Å²) in [7, 11) is 0. The van der Waals surface area contributed by atoms with Crippen molar-refractivity contribution in [2.24, 2.45) is 0 Å². The first-order chi connectivity index (χ1) is 14.1. The van der Waals surface area contributed by atoms with Gasteiger partial charge >= 0.3 is 0 Å². The van der Waals surface area contributed by atoms with Crippen molar-refractivity contribution < 1.29 is 14.6 Å². The Morgan fingerprint density at radius 2 is 1.66 bits per heavy atom. The third kappa shape index (κ3) is 6.84. The summed E-state index contributed by atoms with van der Waals surface area (Å²) >= 11 is 0. The van der Waals surface area contributed by atoms with Crippen LogP contribution in [0.4, 0.5) is 0 Å². The molecule has 3 N–H and O–H groups in total. The highest BCUT2D eigenvalue weighted by molar-refractivity contribution is 5.77. The smallest absolute Gasteiger partial charge is 0.275 e. The third-order valence-electron chi connectivity index (χ3n) is 5.81. The van der Waals surface area contributed by atoms with Crippen molar-refractivity contribution in [3.05, 3.63) is 77.4 Å². The monoisotopic (exact) mass is 393 g/mol. The van der Waals surface area contributed by atoms with Crippen molar-refractivity contribution in [1.29, 1.82) is 0 Å². The van der Waals surface area contributed by atoms with Gasteiger partial charge in [-0.15, -0.1) is 0 Å². The second-order valence-electron chi connectivity index (χ2n) is 8.13. The van der Waals surface area contributed by atoms with Crippen LogP contribution in [0, 0.1) is 6.92 Å². The Hall–Kier alpha value is -2.43. The van der Waals surface area contributed by atoms with Crippen LogP contribution in [-0.2, 0) is 4.79 Å². The molecule has 2 aromatic carbocycles. The minimum absolute atomic E-state index is 0.109. The zero-order chi connectivity index (χ0) is 20.5. The normalized spacial score (nSPS) is 20.5. The maximum absolute atomic E-state index is 12.6. The van der Waals surface area contributed by atoms with Gasteiger partial charge in [-0.25, -0.2) is 0 Å². The Morgan fingerprint density at radius 3 is 2.31 bits per heavy atom. The van der Waals surface area contributed by atoms with Crippen LogP contribution in [0.1, 0.15) is 36.1 Å². The molecule has 0 bridgehead atoms. The number of aryl methyl sites for hydroxylation is 1. The van der Waals surface area contributed by atoms with E-state index in [0.717, 1.165) is 39.1 Å². The molecule has 4 heteroatoms. The first kappa shape index (κ1) is 21.3. The molecule has 1 amide bonds. The molecule has 1 aliphatic heterocycles. The number of hydrogen-bond donors (Lipinski definition) is 3. The third-order valence-corrected chi connectivity index (χ3v) is 5.81. The van der Waals surface area contributed by atoms with Crippen LogP contribution in [0.25, 0.3) is 6.08 Å². The van der Waals surface area contributed by atoms with Gasteiger partial charge in [0.25, 0.3) is 5.91 Å². The number of amides is 1. The maximum Gasteiger partial charge on any atom is 0.275 e. The van der Waals surface area contributed by atoms with E-state index in [1.165, 1.54) is 21.6 Å². The SMILES string of the molecule is CC[C@H](NC(=O)C[NH+]1CC[NH+](C/C=C/c2ccccc2)CC1)c1ccc(C)cc1. The summed E-state index contributed by atoms with van der Waals surface area (Å²) in [5.41, 5.74) is 3.70. The molecule has 1 aliphatic rings. The standard InChI is InChI=1S/C25H33N3O/c1-3-24(23-13-11-21(2)12-14-23)26-25(29)20-28-18-16-27(17-19-28)15-7-10-22-8-5-4-6-9-22/h4-14,24H,3,15-20H2,1-2H3,(H,26,29)/p+2/b10-7+/t24-/m0/s1. The van der Waals surface area contributed by atoms with Crippen molar-refractivity contribution in [3.8, 4) is 0 Å². The molecule has 4 nitrogen and oxygen atoms in total. The van der Waals surface area contributed by atoms with Crippen molar-refractivity contribution in [2.75, 3.05) is 39.3 Å². The summed E-state index contributed by atoms with van der Waals surface area (Å²) < 4.78 is 0. The van der Waals surface area contributed by atoms with Gasteiger partial charge in [0.15, 0.2) is 6.54 Å². The van der Waals surface area contributed by atoms with Crippen LogP contribution < -0.4 is 15.1 Å². The molecule has 2 aromatic rings. The minimum atomic E-state index is 0.109. The van der Waals surface area contributed by atoms with Gasteiger partial charge < -0.3 is 15.1 Å². The molecule has 29 heavy (non-hydrogen) atoms. The van der Waals surface area contributed by atoms with Crippen molar-refractivity contribution >= 4 is 12.0 Å². The number of benzene rings is 2. The van der Waals surface area contributed by atoms with E-state index in [2.05, 4.69) is 79.8 Å². The van der Waals surface area contributed by atoms with E-state index in [4.69, 9.17) is 0 Å². The molecule has 0 unspecified atom stereocenters. The Kier molecular flexibility index (Phi) is 8.03. The van der Waals surface area contributed by atoms with E-state index >= 15 is 0 Å². The van der Waals surface area contributed by atoms with Crippen molar-refractivity contribution in [3.63, 3.8) is 0 Å². The summed E-state index contributed by atoms with van der Waals surface area (Å²) in [6.07, 6.45) is 5.39. The van der Waals surface area contributed by atoms with E-state index in [1.54, 1.807) is 4.90 Å². The molecule has 0 saturated carbocycles. The van der Waals surface area contributed by atoms with Crippen molar-refractivity contribution in [1.82, 2.24) is 5.32 Å². The molecule has 0 radical (unpaired) electrons. The Labute approximate surface area is 175 Å². The van der Waals surface area contributed by atoms with Crippen LogP contribution in [0.2, 0.25) is 0 Å². The first-order valence-electron chi connectivity index (χ1n) is 10.9. The lowest BCUT2D eigenvalue weighted by Gasteiger charge is -2.29. The minimum Gasteiger partial charge on any atom is -0.344 e. The van der Waals surface area contributed by atoms with Gasteiger partial charge in [-0.3, -0.25) is 4.79 Å². The predicted molar refractivity (Wildman–Crippen MR) is 119 cm³/mol. The lowest BCUT2D eigenvalue weighted by Crippen LogP contribution is -3.28. The molecular formula is C25H35N3O+2. The van der Waals surface area contributed by atoms with Gasteiger partial charge in [-0.05, 0) is 30.5 Å². The molecule has 3 rings (SSSR count). The van der Waals surface area contributed by atoms with Crippen LogP contribution >= 0.6 is 0 Å². The highest BCUT2D eigenvalue weighted by Gasteiger charge is 2.25. The highest BCUT2D eigenvalue weighted by atomic mass is 16.2. The quantitative estimate of drug-likeness (QED) is 0.617. The largest absolute Gasteiger partial charge is 0.344 e. The fraction of sp³-hybridized carbons (Fsp3) is 0.400. The Bertz CT molecular complexity index is 777. The molecule has 1 saturated heterocycles. The fourth-order valence-corrected chi connectivity index (χ4v) is 3.96. The zero-order valence-electron chi connectivity index (χ0n) is 17.8.